The average Bonchev–Trinajstić information content (AvgIpc) is 2.47. The van der Waals surface area contributed by atoms with E-state index < -0.39 is 17.3 Å². The molecule has 1 unspecified atom stereocenters. The third-order valence-corrected chi connectivity index (χ3v) is 4.57. The van der Waals surface area contributed by atoms with E-state index in [1.54, 1.807) is 4.90 Å². The molecule has 3 rings (SSSR count). The van der Waals surface area contributed by atoms with Crippen LogP contribution < -0.4 is 4.74 Å². The van der Waals surface area contributed by atoms with E-state index >= 15 is 0 Å². The molecule has 1 N–H and O–H groups in total. The predicted molar refractivity (Wildman–Crippen MR) is 86.6 cm³/mol. The van der Waals surface area contributed by atoms with Gasteiger partial charge in [0.2, 0.25) is 0 Å². The highest BCUT2D eigenvalue weighted by Gasteiger charge is 2.47. The quantitative estimate of drug-likeness (QED) is 0.799. The minimum Gasteiger partial charge on any atom is -0.484 e. The van der Waals surface area contributed by atoms with Gasteiger partial charge in [-0.05, 0) is 32.4 Å². The Morgan fingerprint density at radius 2 is 1.96 bits per heavy atom. The second kappa shape index (κ2) is 5.71. The van der Waals surface area contributed by atoms with Gasteiger partial charge in [0.15, 0.2) is 0 Å². The molecule has 0 radical (unpaired) electrons. The summed E-state index contributed by atoms with van der Waals surface area (Å²) < 4.78 is 11.6. The summed E-state index contributed by atoms with van der Waals surface area (Å²) in [6.07, 6.45) is 0.989. The molecule has 2 heterocycles. The van der Waals surface area contributed by atoms with Crippen LogP contribution in [0.1, 0.15) is 39.2 Å². The number of para-hydroxylation sites is 1. The third-order valence-electron chi connectivity index (χ3n) is 4.57. The lowest BCUT2D eigenvalue weighted by Crippen LogP contribution is -2.58. The third kappa shape index (κ3) is 3.29. The van der Waals surface area contributed by atoms with Crippen LogP contribution in [0, 0.1) is 0 Å². The maximum atomic E-state index is 12.2. The van der Waals surface area contributed by atoms with Gasteiger partial charge in [-0.3, -0.25) is 0 Å². The van der Waals surface area contributed by atoms with Crippen molar-refractivity contribution in [2.75, 3.05) is 13.1 Å². The molecular formula is C18H25NO4. The summed E-state index contributed by atoms with van der Waals surface area (Å²) in [5, 5.41) is 10.6. The van der Waals surface area contributed by atoms with E-state index in [1.165, 1.54) is 0 Å². The second-order valence-corrected chi connectivity index (χ2v) is 7.46. The van der Waals surface area contributed by atoms with Crippen molar-refractivity contribution in [3.63, 3.8) is 0 Å². The molecule has 1 fully saturated rings. The number of ether oxygens (including phenoxy) is 2. The number of aliphatic hydroxyl groups excluding tert-OH is 1. The van der Waals surface area contributed by atoms with Crippen molar-refractivity contribution in [2.24, 2.45) is 0 Å². The van der Waals surface area contributed by atoms with Crippen molar-refractivity contribution in [1.29, 1.82) is 0 Å². The van der Waals surface area contributed by atoms with Gasteiger partial charge in [-0.1, -0.05) is 18.2 Å². The highest BCUT2D eigenvalue weighted by atomic mass is 16.6. The van der Waals surface area contributed by atoms with E-state index in [2.05, 4.69) is 0 Å². The summed E-state index contributed by atoms with van der Waals surface area (Å²) in [4.78, 5) is 13.9. The molecule has 1 saturated heterocycles. The Morgan fingerprint density at radius 1 is 1.30 bits per heavy atom. The van der Waals surface area contributed by atoms with Crippen LogP contribution in [0.15, 0.2) is 24.3 Å². The van der Waals surface area contributed by atoms with Crippen LogP contribution in [0.5, 0.6) is 5.75 Å². The lowest BCUT2D eigenvalue weighted by molar-refractivity contribution is -0.0999. The first-order valence-corrected chi connectivity index (χ1v) is 8.22. The van der Waals surface area contributed by atoms with Crippen molar-refractivity contribution in [2.45, 2.75) is 57.3 Å². The van der Waals surface area contributed by atoms with Crippen molar-refractivity contribution >= 4 is 6.09 Å². The van der Waals surface area contributed by atoms with Gasteiger partial charge in [0.25, 0.3) is 0 Å². The van der Waals surface area contributed by atoms with Gasteiger partial charge in [0.1, 0.15) is 17.0 Å². The van der Waals surface area contributed by atoms with Gasteiger partial charge in [-0.2, -0.15) is 0 Å². The van der Waals surface area contributed by atoms with Gasteiger partial charge < -0.3 is 19.5 Å². The zero-order valence-corrected chi connectivity index (χ0v) is 14.0. The number of carbonyl (C=O) groups is 1. The molecule has 2 aliphatic heterocycles. The molecule has 0 bridgehead atoms. The zero-order chi connectivity index (χ0) is 16.7. The molecule has 1 aromatic rings. The first-order chi connectivity index (χ1) is 10.8. The normalized spacial score (nSPS) is 23.1. The number of rotatable bonds is 0. The van der Waals surface area contributed by atoms with Gasteiger partial charge >= 0.3 is 6.09 Å². The molecule has 1 atom stereocenters. The predicted octanol–water partition coefficient (Wildman–Crippen LogP) is 2.75. The Balaban J connectivity index is 1.68. The van der Waals surface area contributed by atoms with E-state index in [9.17, 15) is 9.90 Å². The van der Waals surface area contributed by atoms with Crippen molar-refractivity contribution in [3.05, 3.63) is 29.8 Å². The summed E-state index contributed by atoms with van der Waals surface area (Å²) >= 11 is 0. The lowest BCUT2D eigenvalue weighted by atomic mass is 9.81. The first kappa shape index (κ1) is 16.1. The van der Waals surface area contributed by atoms with Crippen LogP contribution in [0.25, 0.3) is 0 Å². The van der Waals surface area contributed by atoms with Crippen LogP contribution in [-0.2, 0) is 11.2 Å². The van der Waals surface area contributed by atoms with Crippen LogP contribution >= 0.6 is 0 Å². The van der Waals surface area contributed by atoms with E-state index in [1.807, 2.05) is 45.0 Å². The second-order valence-electron chi connectivity index (χ2n) is 7.46. The molecule has 1 amide bonds. The Bertz CT molecular complexity index is 585. The lowest BCUT2D eigenvalue weighted by Gasteiger charge is -2.47. The minimum absolute atomic E-state index is 0.293. The topological polar surface area (TPSA) is 59.0 Å². The van der Waals surface area contributed by atoms with E-state index in [4.69, 9.17) is 9.47 Å². The summed E-state index contributed by atoms with van der Waals surface area (Å²) in [6.45, 7) is 6.66. The van der Waals surface area contributed by atoms with Crippen LogP contribution in [0.4, 0.5) is 4.79 Å². The number of piperidine rings is 1. The highest BCUT2D eigenvalue weighted by Crippen LogP contribution is 2.39. The summed E-state index contributed by atoms with van der Waals surface area (Å²) in [7, 11) is 0. The highest BCUT2D eigenvalue weighted by molar-refractivity contribution is 5.68. The molecule has 0 aromatic heterocycles. The molecule has 5 nitrogen and oxygen atoms in total. The van der Waals surface area contributed by atoms with E-state index in [-0.39, 0.29) is 6.09 Å². The van der Waals surface area contributed by atoms with Crippen molar-refractivity contribution in [3.8, 4) is 5.75 Å². The summed E-state index contributed by atoms with van der Waals surface area (Å²) in [6, 6.07) is 7.84. The number of amides is 1. The van der Waals surface area contributed by atoms with Crippen molar-refractivity contribution in [1.82, 2.24) is 4.90 Å². The molecule has 23 heavy (non-hydrogen) atoms. The Hall–Kier alpha value is -1.75. The number of fused-ring (bicyclic) bond motifs is 1. The number of aliphatic hydroxyl groups is 1. The van der Waals surface area contributed by atoms with Crippen molar-refractivity contribution < 1.29 is 19.4 Å². The molecule has 126 valence electrons. The van der Waals surface area contributed by atoms with Gasteiger partial charge in [0, 0.05) is 32.4 Å². The van der Waals surface area contributed by atoms with Gasteiger partial charge in [-0.25, -0.2) is 4.79 Å². The average molecular weight is 319 g/mol. The number of carbonyl (C=O) groups excluding carboxylic acids is 1. The largest absolute Gasteiger partial charge is 0.484 e. The Labute approximate surface area is 137 Å². The Morgan fingerprint density at radius 3 is 2.61 bits per heavy atom. The smallest absolute Gasteiger partial charge is 0.410 e. The SMILES string of the molecule is CC(C)(C)OC(=O)N1CCC2(CC1)Oc1ccccc1CC2O. The number of hydrogen-bond acceptors (Lipinski definition) is 4. The fraction of sp³-hybridized carbons (Fsp3) is 0.611. The maximum absolute atomic E-state index is 12.2. The van der Waals surface area contributed by atoms with Gasteiger partial charge in [-0.15, -0.1) is 0 Å². The fourth-order valence-corrected chi connectivity index (χ4v) is 3.28. The summed E-state index contributed by atoms with van der Waals surface area (Å²) in [5.74, 6) is 0.850. The molecule has 1 spiro atoms. The number of hydrogen-bond donors (Lipinski definition) is 1. The van der Waals surface area contributed by atoms with Crippen LogP contribution in [0.2, 0.25) is 0 Å². The molecule has 5 heteroatoms. The van der Waals surface area contributed by atoms with Crippen LogP contribution in [-0.4, -0.2) is 46.5 Å². The van der Waals surface area contributed by atoms with E-state index in [0.717, 1.165) is 11.3 Å². The fourth-order valence-electron chi connectivity index (χ4n) is 3.28. The molecular weight excluding hydrogens is 294 g/mol. The maximum Gasteiger partial charge on any atom is 0.410 e. The number of likely N-dealkylation sites (tertiary alicyclic amines) is 1. The monoisotopic (exact) mass is 319 g/mol. The molecule has 0 aliphatic carbocycles. The van der Waals surface area contributed by atoms with Crippen LogP contribution in [0.3, 0.4) is 0 Å². The standard InChI is InChI=1S/C18H25NO4/c1-17(2,3)23-16(21)19-10-8-18(9-11-19)15(20)12-13-6-4-5-7-14(13)22-18/h4-7,15,20H,8-12H2,1-3H3. The summed E-state index contributed by atoms with van der Waals surface area (Å²) in [5.41, 5.74) is -0.0426. The molecule has 2 aliphatic rings. The molecule has 1 aromatic carbocycles. The zero-order valence-electron chi connectivity index (χ0n) is 14.0. The van der Waals surface area contributed by atoms with E-state index in [0.29, 0.717) is 32.4 Å². The Kier molecular flexibility index (Phi) is 4.00. The first-order valence-electron chi connectivity index (χ1n) is 8.22. The minimum atomic E-state index is -0.590. The molecule has 0 saturated carbocycles. The number of benzene rings is 1. The number of nitrogens with zero attached hydrogens (tertiary/aromatic N) is 1. The van der Waals surface area contributed by atoms with Gasteiger partial charge in [0.05, 0.1) is 6.10 Å².